The van der Waals surface area contributed by atoms with Gasteiger partial charge in [0.25, 0.3) is 0 Å². The molecule has 0 bridgehead atoms. The highest BCUT2D eigenvalue weighted by atomic mass is 16.4. The molecule has 0 saturated carbocycles. The number of carbonyl (C=O) groups is 3. The van der Waals surface area contributed by atoms with Crippen molar-refractivity contribution in [2.75, 3.05) is 6.54 Å². The lowest BCUT2D eigenvalue weighted by Gasteiger charge is -2.23. The number of rotatable bonds is 10. The molecule has 0 aliphatic rings. The smallest absolute Gasteiger partial charge is 0.308 e. The molecule has 0 radical (unpaired) electrons. The number of hydrogen-bond acceptors (Lipinski definition) is 3. The van der Waals surface area contributed by atoms with Crippen LogP contribution in [0.1, 0.15) is 54.4 Å². The minimum atomic E-state index is -0.913. The van der Waals surface area contributed by atoms with E-state index in [0.29, 0.717) is 12.8 Å². The van der Waals surface area contributed by atoms with Crippen molar-refractivity contribution in [3.8, 4) is 0 Å². The van der Waals surface area contributed by atoms with E-state index >= 15 is 0 Å². The highest BCUT2D eigenvalue weighted by Crippen LogP contribution is 2.12. The van der Waals surface area contributed by atoms with Crippen molar-refractivity contribution in [2.24, 2.45) is 23.7 Å². The average molecular weight is 328 g/mol. The van der Waals surface area contributed by atoms with E-state index in [1.807, 2.05) is 41.5 Å². The van der Waals surface area contributed by atoms with Gasteiger partial charge in [0.05, 0.1) is 5.92 Å². The molecule has 0 aliphatic carbocycles. The van der Waals surface area contributed by atoms with Crippen molar-refractivity contribution in [3.63, 3.8) is 0 Å². The van der Waals surface area contributed by atoms with Crippen molar-refractivity contribution in [2.45, 2.75) is 60.4 Å². The Hall–Kier alpha value is -1.59. The van der Waals surface area contributed by atoms with Gasteiger partial charge in [-0.25, -0.2) is 0 Å². The zero-order valence-electron chi connectivity index (χ0n) is 15.2. The molecule has 6 heteroatoms. The van der Waals surface area contributed by atoms with Gasteiger partial charge in [-0.1, -0.05) is 41.5 Å². The van der Waals surface area contributed by atoms with E-state index in [9.17, 15) is 19.5 Å². The molecule has 0 aromatic heterocycles. The van der Waals surface area contributed by atoms with Crippen molar-refractivity contribution < 1.29 is 19.5 Å². The Kier molecular flexibility index (Phi) is 9.53. The van der Waals surface area contributed by atoms with E-state index in [0.717, 1.165) is 0 Å². The summed E-state index contributed by atoms with van der Waals surface area (Å²) in [5.41, 5.74) is 0. The Balaban J connectivity index is 4.66. The molecule has 0 heterocycles. The van der Waals surface area contributed by atoms with E-state index in [-0.39, 0.29) is 36.1 Å². The monoisotopic (exact) mass is 328 g/mol. The third kappa shape index (κ3) is 9.21. The molecule has 0 aromatic rings. The molecule has 23 heavy (non-hydrogen) atoms. The van der Waals surface area contributed by atoms with Crippen LogP contribution in [-0.2, 0) is 14.4 Å². The molecular formula is C17H32N2O4. The van der Waals surface area contributed by atoms with Gasteiger partial charge in [0, 0.05) is 13.0 Å². The predicted octanol–water partition coefficient (Wildman–Crippen LogP) is 2.04. The predicted molar refractivity (Wildman–Crippen MR) is 89.8 cm³/mol. The minimum absolute atomic E-state index is 0.0699. The summed E-state index contributed by atoms with van der Waals surface area (Å²) in [6.45, 7) is 11.5. The zero-order valence-corrected chi connectivity index (χ0v) is 15.2. The summed E-state index contributed by atoms with van der Waals surface area (Å²) in [4.78, 5) is 35.4. The fraction of sp³-hybridized carbons (Fsp3) is 0.824. The lowest BCUT2D eigenvalue weighted by molar-refractivity contribution is -0.142. The second-order valence-corrected chi connectivity index (χ2v) is 7.30. The molecule has 2 atom stereocenters. The Morgan fingerprint density at radius 3 is 1.91 bits per heavy atom. The second-order valence-electron chi connectivity index (χ2n) is 7.30. The summed E-state index contributed by atoms with van der Waals surface area (Å²) in [5.74, 6) is -1.63. The average Bonchev–Trinajstić information content (AvgIpc) is 2.38. The fourth-order valence-corrected chi connectivity index (χ4v) is 2.31. The summed E-state index contributed by atoms with van der Waals surface area (Å²) in [7, 11) is 0. The quantitative estimate of drug-likeness (QED) is 0.572. The van der Waals surface area contributed by atoms with Crippen molar-refractivity contribution in [1.82, 2.24) is 10.6 Å². The number of hydrogen-bond donors (Lipinski definition) is 3. The molecule has 0 spiro atoms. The van der Waals surface area contributed by atoms with E-state index in [1.165, 1.54) is 0 Å². The van der Waals surface area contributed by atoms with Gasteiger partial charge in [-0.05, 0) is 24.2 Å². The molecule has 0 saturated heterocycles. The molecule has 0 fully saturated rings. The van der Waals surface area contributed by atoms with Crippen LogP contribution in [-0.4, -0.2) is 35.5 Å². The van der Waals surface area contributed by atoms with Crippen molar-refractivity contribution >= 4 is 17.8 Å². The lowest BCUT2D eigenvalue weighted by atomic mass is 9.96. The SMILES string of the molecule is CC(C)CC(=O)NC(C(=O)NCC(CC(C)C)C(=O)O)C(C)C. The molecule has 2 unspecified atom stereocenters. The lowest BCUT2D eigenvalue weighted by Crippen LogP contribution is -2.51. The summed E-state index contributed by atoms with van der Waals surface area (Å²) in [6.07, 6.45) is 0.864. The van der Waals surface area contributed by atoms with Crippen LogP contribution in [0, 0.1) is 23.7 Å². The van der Waals surface area contributed by atoms with Gasteiger partial charge >= 0.3 is 5.97 Å². The van der Waals surface area contributed by atoms with Crippen LogP contribution in [0.3, 0.4) is 0 Å². The number of amides is 2. The third-order valence-electron chi connectivity index (χ3n) is 3.49. The first-order valence-corrected chi connectivity index (χ1v) is 8.34. The van der Waals surface area contributed by atoms with Crippen molar-refractivity contribution in [1.29, 1.82) is 0 Å². The Bertz CT molecular complexity index is 405. The number of carboxylic acid groups (broad SMARTS) is 1. The molecule has 3 N–H and O–H groups in total. The highest BCUT2D eigenvalue weighted by Gasteiger charge is 2.26. The Morgan fingerprint density at radius 1 is 0.957 bits per heavy atom. The number of carbonyl (C=O) groups excluding carboxylic acids is 2. The van der Waals surface area contributed by atoms with Gasteiger partial charge in [0.15, 0.2) is 0 Å². The first-order chi connectivity index (χ1) is 10.5. The van der Waals surface area contributed by atoms with Crippen LogP contribution >= 0.6 is 0 Å². The molecule has 2 amide bonds. The van der Waals surface area contributed by atoms with Gasteiger partial charge in [0.1, 0.15) is 6.04 Å². The highest BCUT2D eigenvalue weighted by molar-refractivity contribution is 5.88. The van der Waals surface area contributed by atoms with E-state index in [2.05, 4.69) is 10.6 Å². The third-order valence-corrected chi connectivity index (χ3v) is 3.49. The van der Waals surface area contributed by atoms with E-state index < -0.39 is 17.9 Å². The van der Waals surface area contributed by atoms with Crippen molar-refractivity contribution in [3.05, 3.63) is 0 Å². The number of nitrogens with one attached hydrogen (secondary N) is 2. The second kappa shape index (κ2) is 10.2. The number of carboxylic acids is 1. The molecule has 0 aromatic carbocycles. The minimum Gasteiger partial charge on any atom is -0.481 e. The standard InChI is InChI=1S/C17H32N2O4/c1-10(2)7-13(17(22)23)9-18-16(21)15(12(5)6)19-14(20)8-11(3)4/h10-13,15H,7-9H2,1-6H3,(H,18,21)(H,19,20)(H,22,23). The maximum Gasteiger partial charge on any atom is 0.308 e. The van der Waals surface area contributed by atoms with Crippen LogP contribution < -0.4 is 10.6 Å². The topological polar surface area (TPSA) is 95.5 Å². The Labute approximate surface area is 139 Å². The molecule has 0 aliphatic heterocycles. The normalized spacial score (nSPS) is 14.0. The largest absolute Gasteiger partial charge is 0.481 e. The number of aliphatic carboxylic acids is 1. The maximum atomic E-state index is 12.3. The zero-order chi connectivity index (χ0) is 18.2. The summed E-state index contributed by atoms with van der Waals surface area (Å²) in [6, 6.07) is -0.644. The fourth-order valence-electron chi connectivity index (χ4n) is 2.31. The van der Waals surface area contributed by atoms with Gasteiger partial charge in [0.2, 0.25) is 11.8 Å². The van der Waals surface area contributed by atoms with E-state index in [4.69, 9.17) is 0 Å². The Morgan fingerprint density at radius 2 is 1.52 bits per heavy atom. The first kappa shape index (κ1) is 21.4. The van der Waals surface area contributed by atoms with Crippen LogP contribution in [0.2, 0.25) is 0 Å². The molecule has 6 nitrogen and oxygen atoms in total. The van der Waals surface area contributed by atoms with Gasteiger partial charge in [-0.3, -0.25) is 14.4 Å². The molecule has 0 rings (SSSR count). The summed E-state index contributed by atoms with van der Waals surface area (Å²) >= 11 is 0. The van der Waals surface area contributed by atoms with Gasteiger partial charge < -0.3 is 15.7 Å². The summed E-state index contributed by atoms with van der Waals surface area (Å²) < 4.78 is 0. The van der Waals surface area contributed by atoms with Crippen LogP contribution in [0.25, 0.3) is 0 Å². The van der Waals surface area contributed by atoms with Gasteiger partial charge in [-0.2, -0.15) is 0 Å². The maximum absolute atomic E-state index is 12.3. The van der Waals surface area contributed by atoms with Crippen LogP contribution in [0.5, 0.6) is 0 Å². The van der Waals surface area contributed by atoms with E-state index in [1.54, 1.807) is 0 Å². The first-order valence-electron chi connectivity index (χ1n) is 8.34. The van der Waals surface area contributed by atoms with Gasteiger partial charge in [-0.15, -0.1) is 0 Å². The molecule has 134 valence electrons. The summed E-state index contributed by atoms with van der Waals surface area (Å²) in [5, 5.41) is 14.6. The van der Waals surface area contributed by atoms with Crippen LogP contribution in [0.15, 0.2) is 0 Å². The molecular weight excluding hydrogens is 296 g/mol. The van der Waals surface area contributed by atoms with Crippen LogP contribution in [0.4, 0.5) is 0 Å².